The van der Waals surface area contributed by atoms with E-state index in [2.05, 4.69) is 61.6 Å². The van der Waals surface area contributed by atoms with Gasteiger partial charge < -0.3 is 5.32 Å². The third kappa shape index (κ3) is 4.50. The summed E-state index contributed by atoms with van der Waals surface area (Å²) in [5, 5.41) is 5.51. The monoisotopic (exact) mass is 301 g/mol. The van der Waals surface area contributed by atoms with E-state index in [4.69, 9.17) is 0 Å². The molecule has 0 aromatic heterocycles. The Bertz CT molecular complexity index is 604. The van der Waals surface area contributed by atoms with Crippen molar-refractivity contribution in [2.24, 2.45) is 5.92 Å². The maximum Gasteiger partial charge on any atom is 0.232 e. The molecule has 1 N–H and O–H groups in total. The Morgan fingerprint density at radius 2 is 1.81 bits per heavy atom. The molecule has 0 radical (unpaired) electrons. The summed E-state index contributed by atoms with van der Waals surface area (Å²) in [6.45, 7) is 6.94. The van der Waals surface area contributed by atoms with Crippen LogP contribution in [-0.2, 0) is 10.5 Å². The van der Waals surface area contributed by atoms with Crippen molar-refractivity contribution >= 4 is 28.4 Å². The SMILES string of the molecule is CC(C)CNC(=O)C(C)SCc1cccc2ccccc12. The highest BCUT2D eigenvalue weighted by molar-refractivity contribution is 7.99. The molecule has 0 aliphatic heterocycles. The second-order valence-electron chi connectivity index (χ2n) is 5.73. The molecule has 112 valence electrons. The molecule has 0 saturated carbocycles. The minimum atomic E-state index is -0.0253. The van der Waals surface area contributed by atoms with Crippen LogP contribution in [0.15, 0.2) is 42.5 Å². The van der Waals surface area contributed by atoms with Crippen LogP contribution in [-0.4, -0.2) is 17.7 Å². The van der Waals surface area contributed by atoms with Gasteiger partial charge in [0.2, 0.25) is 5.91 Å². The lowest BCUT2D eigenvalue weighted by molar-refractivity contribution is -0.120. The molecule has 0 aliphatic rings. The number of hydrogen-bond acceptors (Lipinski definition) is 2. The minimum absolute atomic E-state index is 0.0253. The van der Waals surface area contributed by atoms with Crippen molar-refractivity contribution in [3.63, 3.8) is 0 Å². The fourth-order valence-electron chi connectivity index (χ4n) is 2.16. The zero-order chi connectivity index (χ0) is 15.2. The van der Waals surface area contributed by atoms with Crippen molar-refractivity contribution in [1.82, 2.24) is 5.32 Å². The molecular formula is C18H23NOS. The van der Waals surface area contributed by atoms with Gasteiger partial charge in [-0.2, -0.15) is 0 Å². The molecule has 3 heteroatoms. The van der Waals surface area contributed by atoms with E-state index in [0.29, 0.717) is 5.92 Å². The highest BCUT2D eigenvalue weighted by atomic mass is 32.2. The molecule has 0 bridgehead atoms. The Hall–Kier alpha value is -1.48. The number of benzene rings is 2. The van der Waals surface area contributed by atoms with Crippen LogP contribution in [0.4, 0.5) is 0 Å². The predicted molar refractivity (Wildman–Crippen MR) is 92.6 cm³/mol. The fourth-order valence-corrected chi connectivity index (χ4v) is 3.07. The molecule has 2 nitrogen and oxygen atoms in total. The molecule has 1 amide bonds. The van der Waals surface area contributed by atoms with Gasteiger partial charge in [0.1, 0.15) is 0 Å². The van der Waals surface area contributed by atoms with Crippen LogP contribution < -0.4 is 5.32 Å². The molecule has 2 aromatic rings. The van der Waals surface area contributed by atoms with E-state index in [1.807, 2.05) is 6.92 Å². The first kappa shape index (κ1) is 15.9. The standard InChI is InChI=1S/C18H23NOS/c1-13(2)11-19-18(20)14(3)21-12-16-9-6-8-15-7-4-5-10-17(15)16/h4-10,13-14H,11-12H2,1-3H3,(H,19,20). The molecule has 1 atom stereocenters. The van der Waals surface area contributed by atoms with E-state index >= 15 is 0 Å². The first-order valence-electron chi connectivity index (χ1n) is 7.44. The highest BCUT2D eigenvalue weighted by Crippen LogP contribution is 2.24. The summed E-state index contributed by atoms with van der Waals surface area (Å²) in [6, 6.07) is 14.8. The van der Waals surface area contributed by atoms with Gasteiger partial charge in [-0.25, -0.2) is 0 Å². The van der Waals surface area contributed by atoms with Gasteiger partial charge in [-0.05, 0) is 29.2 Å². The van der Waals surface area contributed by atoms with E-state index in [1.54, 1.807) is 11.8 Å². The van der Waals surface area contributed by atoms with E-state index < -0.39 is 0 Å². The number of thioether (sulfide) groups is 1. The molecule has 0 spiro atoms. The Labute approximate surface area is 131 Å². The largest absolute Gasteiger partial charge is 0.355 e. The minimum Gasteiger partial charge on any atom is -0.355 e. The van der Waals surface area contributed by atoms with Gasteiger partial charge in [-0.3, -0.25) is 4.79 Å². The molecule has 0 saturated heterocycles. The number of hydrogen-bond donors (Lipinski definition) is 1. The third-order valence-electron chi connectivity index (χ3n) is 3.42. The molecule has 0 fully saturated rings. The maximum atomic E-state index is 12.0. The molecule has 1 unspecified atom stereocenters. The Balaban J connectivity index is 1.97. The highest BCUT2D eigenvalue weighted by Gasteiger charge is 2.13. The molecule has 0 heterocycles. The van der Waals surface area contributed by atoms with Gasteiger partial charge in [0.15, 0.2) is 0 Å². The third-order valence-corrected chi connectivity index (χ3v) is 4.61. The molecule has 0 aliphatic carbocycles. The fraction of sp³-hybridized carbons (Fsp3) is 0.389. The van der Waals surface area contributed by atoms with Crippen LogP contribution in [0.3, 0.4) is 0 Å². The summed E-state index contributed by atoms with van der Waals surface area (Å²) in [5.74, 6) is 1.48. The number of carbonyl (C=O) groups is 1. The summed E-state index contributed by atoms with van der Waals surface area (Å²) in [6.07, 6.45) is 0. The van der Waals surface area contributed by atoms with Gasteiger partial charge in [0.05, 0.1) is 5.25 Å². The van der Waals surface area contributed by atoms with Crippen LogP contribution in [0.2, 0.25) is 0 Å². The van der Waals surface area contributed by atoms with Crippen LogP contribution in [0.1, 0.15) is 26.3 Å². The lowest BCUT2D eigenvalue weighted by Crippen LogP contribution is -2.33. The van der Waals surface area contributed by atoms with Crippen molar-refractivity contribution in [1.29, 1.82) is 0 Å². The van der Waals surface area contributed by atoms with Crippen molar-refractivity contribution in [3.05, 3.63) is 48.0 Å². The van der Waals surface area contributed by atoms with Crippen molar-refractivity contribution < 1.29 is 4.79 Å². The average Bonchev–Trinajstić information content (AvgIpc) is 2.50. The molecular weight excluding hydrogens is 278 g/mol. The predicted octanol–water partition coefficient (Wildman–Crippen LogP) is 4.23. The first-order chi connectivity index (χ1) is 10.1. The van der Waals surface area contributed by atoms with Gasteiger partial charge in [0, 0.05) is 12.3 Å². The number of carbonyl (C=O) groups excluding carboxylic acids is 1. The zero-order valence-corrected chi connectivity index (χ0v) is 13.7. The Morgan fingerprint density at radius 1 is 1.10 bits per heavy atom. The van der Waals surface area contributed by atoms with Gasteiger partial charge in [-0.15, -0.1) is 11.8 Å². The summed E-state index contributed by atoms with van der Waals surface area (Å²) in [5.41, 5.74) is 1.29. The van der Waals surface area contributed by atoms with Gasteiger partial charge in [0.25, 0.3) is 0 Å². The Morgan fingerprint density at radius 3 is 2.57 bits per heavy atom. The zero-order valence-electron chi connectivity index (χ0n) is 12.9. The smallest absolute Gasteiger partial charge is 0.232 e. The Kier molecular flexibility index (Phi) is 5.68. The van der Waals surface area contributed by atoms with E-state index in [0.717, 1.165) is 12.3 Å². The second-order valence-corrected chi connectivity index (χ2v) is 7.06. The van der Waals surface area contributed by atoms with Crippen LogP contribution in [0, 0.1) is 5.92 Å². The van der Waals surface area contributed by atoms with Crippen molar-refractivity contribution in [2.75, 3.05) is 6.54 Å². The molecule has 2 aromatic carbocycles. The number of fused-ring (bicyclic) bond motifs is 1. The number of nitrogens with one attached hydrogen (secondary N) is 1. The van der Waals surface area contributed by atoms with Crippen molar-refractivity contribution in [2.45, 2.75) is 31.8 Å². The number of amides is 1. The second kappa shape index (κ2) is 7.51. The topological polar surface area (TPSA) is 29.1 Å². The van der Waals surface area contributed by atoms with Crippen LogP contribution in [0.5, 0.6) is 0 Å². The summed E-state index contributed by atoms with van der Waals surface area (Å²) >= 11 is 1.69. The lowest BCUT2D eigenvalue weighted by Gasteiger charge is -2.14. The van der Waals surface area contributed by atoms with Gasteiger partial charge >= 0.3 is 0 Å². The normalized spacial score (nSPS) is 12.6. The number of rotatable bonds is 6. The van der Waals surface area contributed by atoms with Crippen LogP contribution in [0.25, 0.3) is 10.8 Å². The maximum absolute atomic E-state index is 12.0. The quantitative estimate of drug-likeness (QED) is 0.865. The summed E-state index contributed by atoms with van der Waals surface area (Å²) in [4.78, 5) is 12.0. The first-order valence-corrected chi connectivity index (χ1v) is 8.48. The summed E-state index contributed by atoms with van der Waals surface area (Å²) < 4.78 is 0. The van der Waals surface area contributed by atoms with E-state index in [9.17, 15) is 4.79 Å². The average molecular weight is 301 g/mol. The lowest BCUT2D eigenvalue weighted by atomic mass is 10.1. The van der Waals surface area contributed by atoms with Crippen molar-refractivity contribution in [3.8, 4) is 0 Å². The van der Waals surface area contributed by atoms with Gasteiger partial charge in [-0.1, -0.05) is 56.3 Å². The van der Waals surface area contributed by atoms with Crippen LogP contribution >= 0.6 is 11.8 Å². The summed E-state index contributed by atoms with van der Waals surface area (Å²) in [7, 11) is 0. The van der Waals surface area contributed by atoms with E-state index in [-0.39, 0.29) is 11.2 Å². The molecule has 2 rings (SSSR count). The van der Waals surface area contributed by atoms with E-state index in [1.165, 1.54) is 16.3 Å². The molecule has 21 heavy (non-hydrogen) atoms.